The molecule has 0 aromatic heterocycles. The lowest BCUT2D eigenvalue weighted by Crippen LogP contribution is -2.49. The summed E-state index contributed by atoms with van der Waals surface area (Å²) in [6.07, 6.45) is 0.180. The monoisotopic (exact) mass is 301 g/mol. The third-order valence-corrected chi connectivity index (χ3v) is 4.67. The number of aliphatic hydroxyl groups excluding tert-OH is 2. The number of ether oxygens (including phenoxy) is 1. The molecule has 0 aromatic carbocycles. The Balaban J connectivity index is 1.99. The summed E-state index contributed by atoms with van der Waals surface area (Å²) in [5, 5.41) is 41.9. The van der Waals surface area contributed by atoms with Crippen LogP contribution in [0.3, 0.4) is 0 Å². The number of esters is 1. The van der Waals surface area contributed by atoms with Crippen LogP contribution in [0.1, 0.15) is 26.7 Å². The minimum absolute atomic E-state index is 0.0240. The van der Waals surface area contributed by atoms with E-state index in [-0.39, 0.29) is 19.6 Å². The highest BCUT2D eigenvalue weighted by Crippen LogP contribution is 2.36. The molecule has 0 unspecified atom stereocenters. The molecule has 2 rings (SSSR count). The number of carbonyl (C=O) groups is 1. The zero-order valence-corrected chi connectivity index (χ0v) is 12.4. The van der Waals surface area contributed by atoms with Crippen LogP contribution in [0.25, 0.3) is 0 Å². The lowest BCUT2D eigenvalue weighted by Gasteiger charge is -2.40. The van der Waals surface area contributed by atoms with Gasteiger partial charge in [0.25, 0.3) is 0 Å². The zero-order chi connectivity index (χ0) is 15.8. The molecule has 0 spiro atoms. The quantitative estimate of drug-likeness (QED) is 0.272. The number of hydrogen-bond acceptors (Lipinski definition) is 6. The van der Waals surface area contributed by atoms with Gasteiger partial charge in [-0.15, -0.1) is 0 Å². The first-order valence-corrected chi connectivity index (χ1v) is 7.27. The molecule has 0 saturated carbocycles. The Morgan fingerprint density at radius 1 is 1.67 bits per heavy atom. The first-order valence-electron chi connectivity index (χ1n) is 7.27. The number of rotatable bonds is 5. The summed E-state index contributed by atoms with van der Waals surface area (Å²) in [6, 6.07) is -0.584. The van der Waals surface area contributed by atoms with Gasteiger partial charge in [0.2, 0.25) is 0 Å². The van der Waals surface area contributed by atoms with E-state index in [1.807, 2.05) is 0 Å². The number of hydrogen-bond donors (Lipinski definition) is 3. The summed E-state index contributed by atoms with van der Waals surface area (Å²) < 4.78 is 4.57. The van der Waals surface area contributed by atoms with E-state index in [0.29, 0.717) is 18.5 Å². The van der Waals surface area contributed by atoms with Crippen LogP contribution in [0, 0.1) is 5.21 Å². The van der Waals surface area contributed by atoms with Crippen molar-refractivity contribution in [1.29, 1.82) is 0 Å². The van der Waals surface area contributed by atoms with E-state index in [9.17, 15) is 25.3 Å². The van der Waals surface area contributed by atoms with Gasteiger partial charge in [0.15, 0.2) is 5.60 Å². The van der Waals surface area contributed by atoms with Gasteiger partial charge in [-0.3, -0.25) is 0 Å². The van der Waals surface area contributed by atoms with Crippen LogP contribution >= 0.6 is 0 Å². The summed E-state index contributed by atoms with van der Waals surface area (Å²) >= 11 is 0. The van der Waals surface area contributed by atoms with Crippen molar-refractivity contribution < 1.29 is 29.5 Å². The molecule has 1 saturated heterocycles. The summed E-state index contributed by atoms with van der Waals surface area (Å²) in [4.78, 5) is 11.9. The van der Waals surface area contributed by atoms with E-state index in [4.69, 9.17) is 4.74 Å². The number of fused-ring (bicyclic) bond motifs is 1. The molecule has 7 heteroatoms. The van der Waals surface area contributed by atoms with Gasteiger partial charge in [-0.25, -0.2) is 4.79 Å². The largest absolute Gasteiger partial charge is 0.632 e. The van der Waals surface area contributed by atoms with E-state index in [2.05, 4.69) is 0 Å². The molecule has 21 heavy (non-hydrogen) atoms. The van der Waals surface area contributed by atoms with Crippen LogP contribution in [0.4, 0.5) is 0 Å². The second-order valence-electron chi connectivity index (χ2n) is 5.97. The molecule has 0 bridgehead atoms. The molecule has 0 aliphatic carbocycles. The minimum atomic E-state index is -1.95. The van der Waals surface area contributed by atoms with Crippen molar-refractivity contribution in [2.75, 3.05) is 19.7 Å². The number of nitrogens with zero attached hydrogens (tertiary/aromatic N) is 1. The van der Waals surface area contributed by atoms with E-state index in [0.717, 1.165) is 0 Å². The molecule has 0 aromatic rings. The van der Waals surface area contributed by atoms with Crippen molar-refractivity contribution >= 4 is 5.97 Å². The van der Waals surface area contributed by atoms with Gasteiger partial charge in [-0.1, -0.05) is 6.92 Å². The molecule has 0 radical (unpaired) electrons. The number of carbonyl (C=O) groups excluding carboxylic acids is 1. The fourth-order valence-electron chi connectivity index (χ4n) is 3.14. The Morgan fingerprint density at radius 2 is 2.33 bits per heavy atom. The summed E-state index contributed by atoms with van der Waals surface area (Å²) in [6.45, 7) is 3.37. The van der Waals surface area contributed by atoms with Gasteiger partial charge < -0.3 is 29.9 Å². The van der Waals surface area contributed by atoms with Crippen molar-refractivity contribution in [3.63, 3.8) is 0 Å². The average Bonchev–Trinajstić information content (AvgIpc) is 2.92. The first kappa shape index (κ1) is 16.4. The third-order valence-electron chi connectivity index (χ3n) is 4.67. The van der Waals surface area contributed by atoms with E-state index < -0.39 is 34.5 Å². The molecular formula is C14H23NO6. The summed E-state index contributed by atoms with van der Waals surface area (Å²) in [5.41, 5.74) is -1.36. The highest BCUT2D eigenvalue weighted by Gasteiger charge is 2.48. The van der Waals surface area contributed by atoms with Crippen LogP contribution in [-0.2, 0) is 9.53 Å². The van der Waals surface area contributed by atoms with Crippen molar-refractivity contribution in [3.8, 4) is 0 Å². The minimum Gasteiger partial charge on any atom is -0.632 e. The summed E-state index contributed by atoms with van der Waals surface area (Å²) in [7, 11) is 0. The Kier molecular flexibility index (Phi) is 4.41. The van der Waals surface area contributed by atoms with Crippen LogP contribution in [0.5, 0.6) is 0 Å². The van der Waals surface area contributed by atoms with Crippen LogP contribution in [0.2, 0.25) is 0 Å². The fourth-order valence-corrected chi connectivity index (χ4v) is 3.14. The SMILES string of the molecule is CC[C@@](O)(C(=O)OCC1=CC[N@@+]2([O-])CC[C@@H](O)[C@@H]12)[C@H](C)O. The predicted octanol–water partition coefficient (Wildman–Crippen LogP) is -0.561. The maximum Gasteiger partial charge on any atom is 0.341 e. The molecule has 1 fully saturated rings. The highest BCUT2D eigenvalue weighted by molar-refractivity contribution is 5.80. The third kappa shape index (κ3) is 2.72. The smallest absolute Gasteiger partial charge is 0.341 e. The van der Waals surface area contributed by atoms with Crippen LogP contribution < -0.4 is 0 Å². The molecule has 0 amide bonds. The van der Waals surface area contributed by atoms with E-state index in [1.165, 1.54) is 6.92 Å². The van der Waals surface area contributed by atoms with Gasteiger partial charge >= 0.3 is 5.97 Å². The van der Waals surface area contributed by atoms with Gasteiger partial charge in [-0.05, 0) is 19.4 Å². The molecule has 2 heterocycles. The Bertz CT molecular complexity index is 451. The molecule has 7 nitrogen and oxygen atoms in total. The van der Waals surface area contributed by atoms with Gasteiger partial charge in [0, 0.05) is 12.0 Å². The Labute approximate surface area is 123 Å². The number of aliphatic hydroxyl groups is 3. The average molecular weight is 301 g/mol. The van der Waals surface area contributed by atoms with Crippen molar-refractivity contribution in [1.82, 2.24) is 0 Å². The number of quaternary nitrogens is 1. The Morgan fingerprint density at radius 3 is 2.90 bits per heavy atom. The van der Waals surface area contributed by atoms with Crippen molar-refractivity contribution in [2.24, 2.45) is 0 Å². The normalized spacial score (nSPS) is 35.8. The van der Waals surface area contributed by atoms with E-state index in [1.54, 1.807) is 13.0 Å². The van der Waals surface area contributed by atoms with Gasteiger partial charge in [-0.2, -0.15) is 0 Å². The second kappa shape index (κ2) is 5.66. The molecule has 120 valence electrons. The van der Waals surface area contributed by atoms with E-state index >= 15 is 0 Å². The standard InChI is InChI=1S/C14H23NO6/c1-3-14(19,9(2)16)13(18)21-8-10-4-6-15(20)7-5-11(17)12(10)15/h4,9,11-12,16-17,19H,3,5-8H2,1-2H3/t9-,11+,12+,14-,15+/m0/s1. The molecular weight excluding hydrogens is 278 g/mol. The predicted molar refractivity (Wildman–Crippen MR) is 73.7 cm³/mol. The van der Waals surface area contributed by atoms with Crippen LogP contribution in [-0.4, -0.2) is 69.5 Å². The number of hydroxylamine groups is 3. The lowest BCUT2D eigenvalue weighted by atomic mass is 9.95. The lowest BCUT2D eigenvalue weighted by molar-refractivity contribution is -0.877. The molecule has 5 atom stereocenters. The van der Waals surface area contributed by atoms with Crippen molar-refractivity contribution in [3.05, 3.63) is 16.9 Å². The van der Waals surface area contributed by atoms with Gasteiger partial charge in [0.05, 0.1) is 19.2 Å². The fraction of sp³-hybridized carbons (Fsp3) is 0.786. The first-order chi connectivity index (χ1) is 9.74. The molecule has 2 aliphatic heterocycles. The van der Waals surface area contributed by atoms with Gasteiger partial charge in [0.1, 0.15) is 18.8 Å². The second-order valence-corrected chi connectivity index (χ2v) is 5.97. The maximum absolute atomic E-state index is 12.4. The van der Waals surface area contributed by atoms with Crippen LogP contribution in [0.15, 0.2) is 11.6 Å². The molecule has 2 aliphatic rings. The zero-order valence-electron chi connectivity index (χ0n) is 12.4. The maximum atomic E-state index is 12.4. The highest BCUT2D eigenvalue weighted by atomic mass is 16.6. The summed E-state index contributed by atoms with van der Waals surface area (Å²) in [5.74, 6) is -0.913. The topological polar surface area (TPSA) is 110 Å². The molecule has 3 N–H and O–H groups in total. The Hall–Kier alpha value is -0.990. The van der Waals surface area contributed by atoms with Crippen molar-refractivity contribution in [2.45, 2.75) is 50.5 Å².